The van der Waals surface area contributed by atoms with E-state index in [1.54, 1.807) is 0 Å². The lowest BCUT2D eigenvalue weighted by atomic mass is 10.3. The van der Waals surface area contributed by atoms with Gasteiger partial charge in [-0.25, -0.2) is 0 Å². The fraction of sp³-hybridized carbons (Fsp3) is 0.308. The van der Waals surface area contributed by atoms with Crippen LogP contribution in [-0.2, 0) is 5.75 Å². The molecule has 3 nitrogen and oxygen atoms in total. The smallest absolute Gasteiger partial charge is 0.266 e. The third-order valence-corrected chi connectivity index (χ3v) is 4.41. The van der Waals surface area contributed by atoms with E-state index in [1.807, 2.05) is 48.3 Å². The highest BCUT2D eigenvalue weighted by atomic mass is 127. The van der Waals surface area contributed by atoms with Crippen LogP contribution in [0.15, 0.2) is 40.9 Å². The summed E-state index contributed by atoms with van der Waals surface area (Å²) in [5.74, 6) is 3.67. The summed E-state index contributed by atoms with van der Waals surface area (Å²) in [6, 6.07) is 9.89. The van der Waals surface area contributed by atoms with Gasteiger partial charge in [0.2, 0.25) is 0 Å². The highest BCUT2D eigenvalue weighted by Crippen LogP contribution is 2.20. The molecular weight excluding hydrogens is 393 g/mol. The van der Waals surface area contributed by atoms with Crippen molar-refractivity contribution in [2.75, 3.05) is 5.75 Å². The lowest BCUT2D eigenvalue weighted by Crippen LogP contribution is -2.08. The van der Waals surface area contributed by atoms with Crippen molar-refractivity contribution in [2.45, 2.75) is 16.3 Å². The highest BCUT2D eigenvalue weighted by Gasteiger charge is 2.06. The Hall–Kier alpha value is -0.470. The van der Waals surface area contributed by atoms with Crippen LogP contribution in [0.5, 0.6) is 5.75 Å². The van der Waals surface area contributed by atoms with Crippen LogP contribution < -0.4 is 4.74 Å². The first kappa shape index (κ1) is 14.9. The van der Waals surface area contributed by atoms with Crippen LogP contribution in [0, 0.1) is 4.84 Å². The van der Waals surface area contributed by atoms with Crippen molar-refractivity contribution in [1.29, 1.82) is 0 Å². The van der Waals surface area contributed by atoms with Gasteiger partial charge in [-0.3, -0.25) is 0 Å². The van der Waals surface area contributed by atoms with Crippen LogP contribution >= 0.6 is 46.6 Å². The van der Waals surface area contributed by atoms with E-state index in [0.717, 1.165) is 29.4 Å². The molecule has 102 valence electrons. The number of hydrogen-bond donors (Lipinski definition) is 1. The summed E-state index contributed by atoms with van der Waals surface area (Å²) in [5.41, 5.74) is 0. The van der Waals surface area contributed by atoms with Crippen LogP contribution in [0.4, 0.5) is 0 Å². The summed E-state index contributed by atoms with van der Waals surface area (Å²) >= 11 is 9.01. The van der Waals surface area contributed by atoms with E-state index in [9.17, 15) is 0 Å². The first-order chi connectivity index (χ1) is 9.24. The van der Waals surface area contributed by atoms with Crippen LogP contribution in [0.3, 0.4) is 0 Å². The van der Waals surface area contributed by atoms with Crippen molar-refractivity contribution in [2.24, 2.45) is 0 Å². The van der Waals surface area contributed by atoms with Gasteiger partial charge < -0.3 is 14.1 Å². The van der Waals surface area contributed by atoms with E-state index < -0.39 is 0 Å². The maximum atomic E-state index is 5.80. The van der Waals surface area contributed by atoms with E-state index in [4.69, 9.17) is 21.4 Å². The van der Waals surface area contributed by atoms with Crippen molar-refractivity contribution < 1.29 is 9.15 Å². The van der Waals surface area contributed by atoms with Gasteiger partial charge >= 0.3 is 0 Å². The first-order valence-electron chi connectivity index (χ1n) is 5.85. The average Bonchev–Trinajstić information content (AvgIpc) is 2.82. The van der Waals surface area contributed by atoms with Gasteiger partial charge in [-0.1, -0.05) is 18.2 Å². The largest absolute Gasteiger partial charge is 0.480 e. The number of thioether (sulfide) groups is 1. The fourth-order valence-corrected chi connectivity index (χ4v) is 3.51. The lowest BCUT2D eigenvalue weighted by Gasteiger charge is -2.12. The summed E-state index contributed by atoms with van der Waals surface area (Å²) < 4.78 is 11.3. The summed E-state index contributed by atoms with van der Waals surface area (Å²) in [6.45, 7) is 0. The number of alkyl halides is 1. The molecule has 0 fully saturated rings. The van der Waals surface area contributed by atoms with Crippen molar-refractivity contribution >= 4 is 46.6 Å². The Morgan fingerprint density at radius 1 is 1.37 bits per heavy atom. The Morgan fingerprint density at radius 2 is 2.16 bits per heavy atom. The zero-order chi connectivity index (χ0) is 13.5. The fourth-order valence-electron chi connectivity index (χ4n) is 1.44. The Labute approximate surface area is 135 Å². The average molecular weight is 407 g/mol. The minimum Gasteiger partial charge on any atom is -0.480 e. The molecule has 1 aromatic heterocycles. The van der Waals surface area contributed by atoms with Gasteiger partial charge in [0.25, 0.3) is 4.84 Å². The molecule has 6 heteroatoms. The van der Waals surface area contributed by atoms with Crippen LogP contribution in [-0.4, -0.2) is 14.8 Å². The predicted molar refractivity (Wildman–Crippen MR) is 89.5 cm³/mol. The molecule has 0 aliphatic carbocycles. The molecule has 0 radical (unpaired) electrons. The molecule has 0 bridgehead atoms. The molecule has 0 saturated carbocycles. The summed E-state index contributed by atoms with van der Waals surface area (Å²) in [4.78, 5) is 3.30. The molecule has 1 aromatic carbocycles. The van der Waals surface area contributed by atoms with Gasteiger partial charge in [0.05, 0.1) is 5.75 Å². The van der Waals surface area contributed by atoms with Gasteiger partial charge in [-0.15, -0.1) is 0 Å². The molecule has 0 saturated heterocycles. The predicted octanol–water partition coefficient (Wildman–Crippen LogP) is 4.80. The van der Waals surface area contributed by atoms with E-state index in [0.29, 0.717) is 4.84 Å². The Morgan fingerprint density at radius 3 is 2.84 bits per heavy atom. The topological polar surface area (TPSA) is 38.2 Å². The van der Waals surface area contributed by atoms with Gasteiger partial charge in [-0.2, -0.15) is 11.8 Å². The zero-order valence-electron chi connectivity index (χ0n) is 10.2. The van der Waals surface area contributed by atoms with Gasteiger partial charge in [0, 0.05) is 12.6 Å². The molecule has 2 aromatic rings. The molecule has 1 N–H and O–H groups in total. The number of H-pyrrole nitrogens is 1. The molecule has 1 unspecified atom stereocenters. The molecule has 0 amide bonds. The third kappa shape index (κ3) is 5.58. The van der Waals surface area contributed by atoms with E-state index in [-0.39, 0.29) is 4.11 Å². The minimum atomic E-state index is 0.185. The highest BCUT2D eigenvalue weighted by molar-refractivity contribution is 14.1. The second-order valence-electron chi connectivity index (χ2n) is 3.83. The van der Waals surface area contributed by atoms with Gasteiger partial charge in [0.15, 0.2) is 0 Å². The number of benzene rings is 1. The number of halogens is 1. The molecule has 0 aliphatic heterocycles. The lowest BCUT2D eigenvalue weighted by molar-refractivity contribution is 0.300. The summed E-state index contributed by atoms with van der Waals surface area (Å²) in [6.07, 6.45) is 2.81. The Balaban J connectivity index is 1.64. The number of ether oxygens (including phenoxy) is 1. The van der Waals surface area contributed by atoms with Gasteiger partial charge in [0.1, 0.15) is 15.6 Å². The van der Waals surface area contributed by atoms with E-state index in [2.05, 4.69) is 27.6 Å². The molecule has 19 heavy (non-hydrogen) atoms. The molecule has 1 heterocycles. The maximum Gasteiger partial charge on any atom is 0.266 e. The van der Waals surface area contributed by atoms with Crippen molar-refractivity contribution in [3.05, 3.63) is 47.1 Å². The number of aromatic nitrogens is 1. The summed E-state index contributed by atoms with van der Waals surface area (Å²) in [7, 11) is 0. The Bertz CT molecular complexity index is 541. The molecule has 1 atom stereocenters. The SMILES string of the molecule is S=c1[nH]cc(CSCCC(I)Oc2ccccc2)o1. The van der Waals surface area contributed by atoms with E-state index >= 15 is 0 Å². The number of rotatable bonds is 7. The summed E-state index contributed by atoms with van der Waals surface area (Å²) in [5, 5.41) is 0. The zero-order valence-corrected chi connectivity index (χ0v) is 14.0. The molecule has 0 aliphatic rings. The first-order valence-corrected chi connectivity index (χ1v) is 8.66. The quantitative estimate of drug-likeness (QED) is 0.310. The van der Waals surface area contributed by atoms with Crippen molar-refractivity contribution in [1.82, 2.24) is 4.98 Å². The van der Waals surface area contributed by atoms with Crippen LogP contribution in [0.2, 0.25) is 0 Å². The number of hydrogen-bond acceptors (Lipinski definition) is 4. The van der Waals surface area contributed by atoms with Crippen molar-refractivity contribution in [3.63, 3.8) is 0 Å². The van der Waals surface area contributed by atoms with E-state index in [1.165, 1.54) is 0 Å². The molecule has 0 spiro atoms. The van der Waals surface area contributed by atoms with Crippen LogP contribution in [0.1, 0.15) is 12.2 Å². The molecular formula is C13H14INO2S2. The number of oxazole rings is 1. The number of aromatic amines is 1. The molecule has 2 rings (SSSR count). The maximum absolute atomic E-state index is 5.80. The Kier molecular flexibility index (Phi) is 6.25. The number of para-hydroxylation sites is 1. The second-order valence-corrected chi connectivity index (χ2v) is 6.69. The normalized spacial score (nSPS) is 12.3. The number of nitrogens with one attached hydrogen (secondary N) is 1. The minimum absolute atomic E-state index is 0.185. The van der Waals surface area contributed by atoms with Crippen LogP contribution in [0.25, 0.3) is 0 Å². The standard InChI is InChI=1S/C13H14INO2S2/c14-12(16-10-4-2-1-3-5-10)6-7-19-9-11-8-15-13(18)17-11/h1-5,8,12H,6-7,9H2,(H,15,18). The second kappa shape index (κ2) is 7.96. The monoisotopic (exact) mass is 407 g/mol. The van der Waals surface area contributed by atoms with Crippen molar-refractivity contribution in [3.8, 4) is 5.75 Å². The van der Waals surface area contributed by atoms with Gasteiger partial charge in [-0.05, 0) is 52.7 Å². The third-order valence-electron chi connectivity index (χ3n) is 2.32.